The third-order valence-electron chi connectivity index (χ3n) is 5.44. The predicted octanol–water partition coefficient (Wildman–Crippen LogP) is 3.29. The molecule has 0 aromatic heterocycles. The average molecular weight is 416 g/mol. The van der Waals surface area contributed by atoms with E-state index < -0.39 is 6.04 Å². The second-order valence-corrected chi connectivity index (χ2v) is 9.57. The molecule has 0 spiro atoms. The van der Waals surface area contributed by atoms with Crippen LogP contribution >= 0.6 is 0 Å². The highest BCUT2D eigenvalue weighted by Crippen LogP contribution is 2.25. The topological polar surface area (TPSA) is 78.5 Å². The van der Waals surface area contributed by atoms with E-state index in [-0.39, 0.29) is 29.1 Å². The van der Waals surface area contributed by atoms with Crippen molar-refractivity contribution in [1.29, 1.82) is 0 Å². The van der Waals surface area contributed by atoms with E-state index >= 15 is 0 Å². The number of carbonyl (C=O) groups is 3. The molecule has 0 bridgehead atoms. The molecule has 6 nitrogen and oxygen atoms in total. The van der Waals surface area contributed by atoms with Crippen molar-refractivity contribution in [2.75, 3.05) is 19.6 Å². The normalized spacial score (nSPS) is 16.1. The van der Waals surface area contributed by atoms with Gasteiger partial charge in [-0.3, -0.25) is 14.4 Å². The van der Waals surface area contributed by atoms with Crippen LogP contribution in [0.25, 0.3) is 0 Å². The second kappa shape index (κ2) is 10.6. The van der Waals surface area contributed by atoms with Crippen molar-refractivity contribution in [3.63, 3.8) is 0 Å². The maximum absolute atomic E-state index is 12.8. The fourth-order valence-electron chi connectivity index (χ4n) is 3.81. The van der Waals surface area contributed by atoms with Crippen molar-refractivity contribution in [3.05, 3.63) is 35.4 Å². The largest absolute Gasteiger partial charge is 0.354 e. The molecule has 1 aromatic carbocycles. The van der Waals surface area contributed by atoms with Crippen LogP contribution in [0.1, 0.15) is 69.3 Å². The van der Waals surface area contributed by atoms with Crippen LogP contribution in [0.5, 0.6) is 0 Å². The average Bonchev–Trinajstić information content (AvgIpc) is 2.69. The summed E-state index contributed by atoms with van der Waals surface area (Å²) in [4.78, 5) is 40.1. The van der Waals surface area contributed by atoms with E-state index in [2.05, 4.69) is 31.4 Å². The Hall–Kier alpha value is -2.37. The van der Waals surface area contributed by atoms with Crippen LogP contribution < -0.4 is 10.6 Å². The summed E-state index contributed by atoms with van der Waals surface area (Å²) in [6.45, 7) is 12.0. The van der Waals surface area contributed by atoms with Gasteiger partial charge in [-0.05, 0) is 49.7 Å². The number of hydrogen-bond donors (Lipinski definition) is 2. The summed E-state index contributed by atoms with van der Waals surface area (Å²) in [5, 5.41) is 5.90. The van der Waals surface area contributed by atoms with Gasteiger partial charge in [0, 0.05) is 31.6 Å². The van der Waals surface area contributed by atoms with Crippen molar-refractivity contribution in [2.24, 2.45) is 11.3 Å². The van der Waals surface area contributed by atoms with E-state index in [0.29, 0.717) is 44.5 Å². The van der Waals surface area contributed by atoms with E-state index in [4.69, 9.17) is 0 Å². The molecule has 1 aromatic rings. The van der Waals surface area contributed by atoms with Gasteiger partial charge < -0.3 is 15.5 Å². The highest BCUT2D eigenvalue weighted by Gasteiger charge is 2.34. The number of piperidine rings is 1. The molecule has 2 rings (SSSR count). The summed E-state index contributed by atoms with van der Waals surface area (Å²) in [5.41, 5.74) is 1.51. The molecule has 2 N–H and O–H groups in total. The molecule has 1 saturated heterocycles. The van der Waals surface area contributed by atoms with Gasteiger partial charge >= 0.3 is 0 Å². The first-order chi connectivity index (χ1) is 14.1. The summed E-state index contributed by atoms with van der Waals surface area (Å²) in [6, 6.07) is 6.77. The molecule has 1 aliphatic heterocycles. The number of benzene rings is 1. The molecule has 1 heterocycles. The zero-order valence-electron chi connectivity index (χ0n) is 19.1. The number of aryl methyl sites for hydroxylation is 1. The molecule has 1 atom stereocenters. The van der Waals surface area contributed by atoms with E-state index in [0.717, 1.165) is 12.0 Å². The molecule has 0 saturated carbocycles. The van der Waals surface area contributed by atoms with Crippen LogP contribution in [0.4, 0.5) is 0 Å². The maximum Gasteiger partial charge on any atom is 0.251 e. The first-order valence-corrected chi connectivity index (χ1v) is 11.0. The Labute approximate surface area is 180 Å². The Morgan fingerprint density at radius 1 is 1.17 bits per heavy atom. The Bertz CT molecular complexity index is 746. The van der Waals surface area contributed by atoms with E-state index in [1.807, 2.05) is 36.9 Å². The van der Waals surface area contributed by atoms with E-state index in [1.54, 1.807) is 6.07 Å². The minimum absolute atomic E-state index is 0.00861. The van der Waals surface area contributed by atoms with Gasteiger partial charge in [-0.1, -0.05) is 45.4 Å². The van der Waals surface area contributed by atoms with Gasteiger partial charge in [0.15, 0.2) is 0 Å². The van der Waals surface area contributed by atoms with Gasteiger partial charge in [-0.25, -0.2) is 0 Å². The summed E-state index contributed by atoms with van der Waals surface area (Å²) in [6.07, 6.45) is 2.76. The molecule has 0 radical (unpaired) electrons. The lowest BCUT2D eigenvalue weighted by molar-refractivity contribution is -0.134. The van der Waals surface area contributed by atoms with Crippen LogP contribution in [0.15, 0.2) is 24.3 Å². The van der Waals surface area contributed by atoms with Crippen molar-refractivity contribution in [3.8, 4) is 0 Å². The quantitative estimate of drug-likeness (QED) is 0.717. The van der Waals surface area contributed by atoms with E-state index in [9.17, 15) is 14.4 Å². The number of likely N-dealkylation sites (tertiary alicyclic amines) is 1. The molecule has 1 fully saturated rings. The number of carbonyl (C=O) groups excluding carboxylic acids is 3. The molecule has 3 amide bonds. The van der Waals surface area contributed by atoms with Crippen molar-refractivity contribution in [1.82, 2.24) is 15.5 Å². The van der Waals surface area contributed by atoms with E-state index in [1.165, 1.54) is 0 Å². The molecule has 166 valence electrons. The molecule has 6 heteroatoms. The van der Waals surface area contributed by atoms with Crippen molar-refractivity contribution >= 4 is 17.7 Å². The molecule has 30 heavy (non-hydrogen) atoms. The number of rotatable bonds is 7. The maximum atomic E-state index is 12.8. The minimum Gasteiger partial charge on any atom is -0.354 e. The molecular formula is C24H37N3O3. The Morgan fingerprint density at radius 2 is 1.83 bits per heavy atom. The van der Waals surface area contributed by atoms with Crippen LogP contribution in [0.2, 0.25) is 0 Å². The van der Waals surface area contributed by atoms with Crippen LogP contribution in [0.3, 0.4) is 0 Å². The molecule has 0 aliphatic carbocycles. The number of nitrogens with zero attached hydrogens (tertiary/aromatic N) is 1. The third-order valence-corrected chi connectivity index (χ3v) is 5.44. The Balaban J connectivity index is 2.06. The first kappa shape index (κ1) is 23.9. The number of amides is 3. The van der Waals surface area contributed by atoms with Crippen LogP contribution in [-0.2, 0) is 9.59 Å². The smallest absolute Gasteiger partial charge is 0.251 e. The SMILES string of the molecule is CCCNC(=O)[C@H](NC(=O)c1cccc(C)c1)C1CCN(C(=O)CC(C)(C)C)CC1. The predicted molar refractivity (Wildman–Crippen MR) is 119 cm³/mol. The Kier molecular flexibility index (Phi) is 8.44. The molecular weight excluding hydrogens is 378 g/mol. The number of nitrogens with one attached hydrogen (secondary N) is 2. The van der Waals surface area contributed by atoms with Crippen LogP contribution in [0, 0.1) is 18.3 Å². The molecule has 1 aliphatic rings. The standard InChI is InChI=1S/C24H37N3O3/c1-6-12-25-23(30)21(26-22(29)19-9-7-8-17(2)15-19)18-10-13-27(14-11-18)20(28)16-24(3,4)5/h7-9,15,18,21H,6,10-14,16H2,1-5H3,(H,25,30)(H,26,29)/t21-/m1/s1. The monoisotopic (exact) mass is 415 g/mol. The summed E-state index contributed by atoms with van der Waals surface area (Å²) in [7, 11) is 0. The summed E-state index contributed by atoms with van der Waals surface area (Å²) in [5.74, 6) is -0.204. The third kappa shape index (κ3) is 7.15. The lowest BCUT2D eigenvalue weighted by atomic mass is 9.87. The zero-order chi connectivity index (χ0) is 22.3. The first-order valence-electron chi connectivity index (χ1n) is 11.0. The van der Waals surface area contributed by atoms with Gasteiger partial charge in [0.05, 0.1) is 0 Å². The van der Waals surface area contributed by atoms with Gasteiger partial charge in [0.25, 0.3) is 5.91 Å². The second-order valence-electron chi connectivity index (χ2n) is 9.57. The van der Waals surface area contributed by atoms with Gasteiger partial charge in [-0.2, -0.15) is 0 Å². The molecule has 0 unspecified atom stereocenters. The van der Waals surface area contributed by atoms with Gasteiger partial charge in [-0.15, -0.1) is 0 Å². The minimum atomic E-state index is -0.593. The lowest BCUT2D eigenvalue weighted by Crippen LogP contribution is -2.54. The van der Waals surface area contributed by atoms with Crippen LogP contribution in [-0.4, -0.2) is 48.3 Å². The highest BCUT2D eigenvalue weighted by molar-refractivity contribution is 5.97. The van der Waals surface area contributed by atoms with Crippen molar-refractivity contribution in [2.45, 2.75) is 66.3 Å². The Morgan fingerprint density at radius 3 is 2.40 bits per heavy atom. The summed E-state index contributed by atoms with van der Waals surface area (Å²) < 4.78 is 0. The number of hydrogen-bond acceptors (Lipinski definition) is 3. The van der Waals surface area contributed by atoms with Crippen molar-refractivity contribution < 1.29 is 14.4 Å². The fraction of sp³-hybridized carbons (Fsp3) is 0.625. The lowest BCUT2D eigenvalue weighted by Gasteiger charge is -2.36. The summed E-state index contributed by atoms with van der Waals surface area (Å²) >= 11 is 0. The van der Waals surface area contributed by atoms with Gasteiger partial charge in [0.2, 0.25) is 11.8 Å². The van der Waals surface area contributed by atoms with Gasteiger partial charge in [0.1, 0.15) is 6.04 Å². The zero-order valence-corrected chi connectivity index (χ0v) is 19.1. The fourth-order valence-corrected chi connectivity index (χ4v) is 3.81. The highest BCUT2D eigenvalue weighted by atomic mass is 16.2.